The van der Waals surface area contributed by atoms with Gasteiger partial charge in [-0.25, -0.2) is 4.68 Å². The Kier molecular flexibility index (Phi) is 7.37. The van der Waals surface area contributed by atoms with E-state index < -0.39 is 31.5 Å². The number of nitrogens with one attached hydrogen (secondary N) is 2. The van der Waals surface area contributed by atoms with E-state index in [1.807, 2.05) is 49.4 Å². The first-order valence-electron chi connectivity index (χ1n) is 14.5. The van der Waals surface area contributed by atoms with Crippen LogP contribution in [0.2, 0.25) is 18.6 Å². The van der Waals surface area contributed by atoms with Gasteiger partial charge in [0, 0.05) is 35.8 Å². The molecule has 2 amide bonds. The van der Waals surface area contributed by atoms with Crippen LogP contribution in [0.25, 0.3) is 16.6 Å². The van der Waals surface area contributed by atoms with Crippen LogP contribution >= 0.6 is 0 Å². The summed E-state index contributed by atoms with van der Waals surface area (Å²) in [5.41, 5.74) is 1.19. The number of benzene rings is 3. The van der Waals surface area contributed by atoms with Crippen LogP contribution < -0.4 is 10.9 Å². The van der Waals surface area contributed by atoms with Gasteiger partial charge in [0.1, 0.15) is 0 Å². The van der Waals surface area contributed by atoms with Gasteiger partial charge in [-0.1, -0.05) is 49.4 Å². The second-order valence-electron chi connectivity index (χ2n) is 12.1. The number of hydrogen-bond acceptors (Lipinski definition) is 6. The van der Waals surface area contributed by atoms with E-state index in [-0.39, 0.29) is 36.9 Å². The van der Waals surface area contributed by atoms with Crippen molar-refractivity contribution in [2.45, 2.75) is 50.2 Å². The summed E-state index contributed by atoms with van der Waals surface area (Å²) in [6, 6.07) is 22.1. The van der Waals surface area contributed by atoms with Crippen LogP contribution in [0.5, 0.6) is 0 Å². The minimum atomic E-state index is -2.98. The maximum absolute atomic E-state index is 13.8. The number of carbonyl (C=O) groups is 2. The number of amides is 2. The number of fused-ring (bicyclic) bond motifs is 3. The Hall–Kier alpha value is -4.03. The Bertz CT molecular complexity index is 1750. The lowest BCUT2D eigenvalue weighted by Gasteiger charge is -2.32. The molecule has 43 heavy (non-hydrogen) atoms. The van der Waals surface area contributed by atoms with Gasteiger partial charge in [0.05, 0.1) is 35.7 Å². The predicted molar refractivity (Wildman–Crippen MR) is 165 cm³/mol. The summed E-state index contributed by atoms with van der Waals surface area (Å²) in [5.74, 6) is -1.05. The molecule has 3 aromatic carbocycles. The molecule has 4 aromatic rings. The molecule has 4 N–H and O–H groups in total. The normalized spacial score (nSPS) is 23.1. The van der Waals surface area contributed by atoms with E-state index in [0.29, 0.717) is 34.4 Å². The van der Waals surface area contributed by atoms with Crippen LogP contribution in [0.1, 0.15) is 24.5 Å². The van der Waals surface area contributed by atoms with Crippen LogP contribution in [0, 0.1) is 5.92 Å². The van der Waals surface area contributed by atoms with Gasteiger partial charge in [0.2, 0.25) is 5.91 Å². The van der Waals surface area contributed by atoms with Gasteiger partial charge in [-0.15, -0.1) is 0 Å². The molecule has 11 heteroatoms. The highest BCUT2D eigenvalue weighted by Crippen LogP contribution is 2.58. The first-order valence-corrected chi connectivity index (χ1v) is 17.6. The molecule has 1 saturated heterocycles. The molecular weight excluding hydrogens is 564 g/mol. The minimum absolute atomic E-state index is 0.0512. The fourth-order valence-corrected chi connectivity index (χ4v) is 9.54. The largest absolute Gasteiger partial charge is 0.432 e. The lowest BCUT2D eigenvalue weighted by molar-refractivity contribution is -0.148. The maximum atomic E-state index is 13.8. The third kappa shape index (κ3) is 4.91. The average Bonchev–Trinajstić information content (AvgIpc) is 3.57. The molecule has 0 radical (unpaired) electrons. The van der Waals surface area contributed by atoms with E-state index in [1.165, 1.54) is 4.68 Å². The van der Waals surface area contributed by atoms with Crippen molar-refractivity contribution < 1.29 is 24.2 Å². The highest BCUT2D eigenvalue weighted by molar-refractivity contribution is 6.71. The van der Waals surface area contributed by atoms with Gasteiger partial charge < -0.3 is 24.9 Å². The zero-order valence-corrected chi connectivity index (χ0v) is 25.4. The molecule has 2 aliphatic rings. The van der Waals surface area contributed by atoms with Crippen LogP contribution in [-0.2, 0) is 26.5 Å². The van der Waals surface area contributed by atoms with Gasteiger partial charge in [-0.05, 0) is 49.0 Å². The lowest BCUT2D eigenvalue weighted by Crippen LogP contribution is -2.44. The second-order valence-corrected chi connectivity index (χ2v) is 16.0. The fourth-order valence-electron chi connectivity index (χ4n) is 6.98. The van der Waals surface area contributed by atoms with Gasteiger partial charge in [0.25, 0.3) is 11.5 Å². The number of aromatic amines is 1. The molecule has 3 heterocycles. The Morgan fingerprint density at radius 1 is 1.07 bits per heavy atom. The van der Waals surface area contributed by atoms with E-state index >= 15 is 0 Å². The molecule has 1 aromatic heterocycles. The summed E-state index contributed by atoms with van der Waals surface area (Å²) in [6.45, 7) is 5.78. The third-order valence-electron chi connectivity index (χ3n) is 8.89. The number of nitrogens with zero attached hydrogens (tertiary/aromatic N) is 2. The van der Waals surface area contributed by atoms with Gasteiger partial charge in [-0.3, -0.25) is 19.5 Å². The Morgan fingerprint density at radius 3 is 2.49 bits per heavy atom. The quantitative estimate of drug-likeness (QED) is 0.229. The number of ether oxygens (including phenoxy) is 1. The molecule has 0 unspecified atom stereocenters. The summed E-state index contributed by atoms with van der Waals surface area (Å²) in [4.78, 5) is 53.8. The average molecular weight is 601 g/mol. The molecule has 1 fully saturated rings. The van der Waals surface area contributed by atoms with Crippen LogP contribution in [0.4, 0.5) is 5.69 Å². The van der Waals surface area contributed by atoms with Crippen LogP contribution in [0.3, 0.4) is 0 Å². The first kappa shape index (κ1) is 29.1. The number of anilines is 1. The summed E-state index contributed by atoms with van der Waals surface area (Å²) >= 11 is 0. The summed E-state index contributed by atoms with van der Waals surface area (Å²) < 4.78 is 8.13. The standard InChI is InChI=1S/C32H36N4O6Si/c1-20-29(43(2,3)41)27(18-28(38)35(15-16-37)19-21-9-5-4-6-10-21)42-32(20)24-17-22(13-14-26(24)33-31(32)40)36-30(39)23-11-7-8-12-25(23)34-36/h4-14,17,20,27,29,34,37,41H,15-16,18-19H2,1-3H3,(H,33,40)/t20-,27+,29-,32+/m1/s1. The van der Waals surface area contributed by atoms with Gasteiger partial charge in [-0.2, -0.15) is 0 Å². The monoisotopic (exact) mass is 600 g/mol. The fraction of sp³-hybridized carbons (Fsp3) is 0.344. The number of para-hydroxylation sites is 1. The van der Waals surface area contributed by atoms with Crippen molar-refractivity contribution >= 4 is 36.7 Å². The van der Waals surface area contributed by atoms with E-state index in [4.69, 9.17) is 4.74 Å². The molecule has 0 bridgehead atoms. The minimum Gasteiger partial charge on any atom is -0.432 e. The number of H-pyrrole nitrogens is 1. The molecular formula is C32H36N4O6Si. The van der Waals surface area contributed by atoms with E-state index in [1.54, 1.807) is 48.3 Å². The predicted octanol–water partition coefficient (Wildman–Crippen LogP) is 3.48. The van der Waals surface area contributed by atoms with Crippen molar-refractivity contribution in [3.63, 3.8) is 0 Å². The number of aromatic nitrogens is 2. The molecule has 6 rings (SSSR count). The number of hydrogen-bond donors (Lipinski definition) is 4. The second kappa shape index (κ2) is 10.9. The Balaban J connectivity index is 1.37. The topological polar surface area (TPSA) is 137 Å². The smallest absolute Gasteiger partial charge is 0.279 e. The van der Waals surface area contributed by atoms with Gasteiger partial charge in [0.15, 0.2) is 13.9 Å². The molecule has 4 atom stereocenters. The highest BCUT2D eigenvalue weighted by atomic mass is 28.4. The number of aliphatic hydroxyl groups is 1. The zero-order valence-electron chi connectivity index (χ0n) is 24.4. The molecule has 2 aliphatic heterocycles. The summed E-state index contributed by atoms with van der Waals surface area (Å²) in [6.07, 6.45) is -0.785. The van der Waals surface area contributed by atoms with Gasteiger partial charge >= 0.3 is 0 Å². The number of carbonyl (C=O) groups excluding carboxylic acids is 2. The maximum Gasteiger partial charge on any atom is 0.279 e. The zero-order chi connectivity index (χ0) is 30.5. The van der Waals surface area contributed by atoms with E-state index in [2.05, 4.69) is 10.4 Å². The molecule has 1 spiro atoms. The SMILES string of the molecule is C[C@@H]1[C@@H]([Si](C)(C)O)[C@H](CC(=O)N(CCO)Cc2ccccc2)O[C@@]12C(=O)Nc1ccc(-n3[nH]c4ccccc4c3=O)cc12. The van der Waals surface area contributed by atoms with E-state index in [0.717, 1.165) is 5.56 Å². The summed E-state index contributed by atoms with van der Waals surface area (Å²) in [7, 11) is -2.98. The van der Waals surface area contributed by atoms with Crippen molar-refractivity contribution in [3.8, 4) is 5.69 Å². The van der Waals surface area contributed by atoms with Crippen molar-refractivity contribution in [2.24, 2.45) is 5.92 Å². The van der Waals surface area contributed by atoms with Crippen molar-refractivity contribution in [2.75, 3.05) is 18.5 Å². The third-order valence-corrected chi connectivity index (χ3v) is 11.4. The Morgan fingerprint density at radius 2 is 1.79 bits per heavy atom. The first-order chi connectivity index (χ1) is 20.5. The highest BCUT2D eigenvalue weighted by Gasteiger charge is 2.65. The summed E-state index contributed by atoms with van der Waals surface area (Å²) in [5, 5.41) is 16.3. The van der Waals surface area contributed by atoms with Crippen molar-refractivity contribution in [3.05, 3.63) is 94.3 Å². The van der Waals surface area contributed by atoms with Crippen molar-refractivity contribution in [1.82, 2.24) is 14.7 Å². The van der Waals surface area contributed by atoms with E-state index in [9.17, 15) is 24.3 Å². The van der Waals surface area contributed by atoms with Crippen molar-refractivity contribution in [1.29, 1.82) is 0 Å². The number of aliphatic hydroxyl groups excluding tert-OH is 1. The molecule has 0 aliphatic carbocycles. The molecule has 0 saturated carbocycles. The molecule has 224 valence electrons. The van der Waals surface area contributed by atoms with Crippen LogP contribution in [0.15, 0.2) is 77.6 Å². The Labute approximate surface area is 250 Å². The number of rotatable bonds is 8. The lowest BCUT2D eigenvalue weighted by atomic mass is 9.82. The molecule has 10 nitrogen and oxygen atoms in total. The van der Waals surface area contributed by atoms with Crippen LogP contribution in [-0.4, -0.2) is 64.0 Å².